The molecule has 1 aromatic carbocycles. The van der Waals surface area contributed by atoms with E-state index in [4.69, 9.17) is 16.7 Å². The Morgan fingerprint density at radius 2 is 1.80 bits per heavy atom. The fourth-order valence-electron chi connectivity index (χ4n) is 5.18. The molecule has 2 aromatic heterocycles. The molecular formula is C31H44ClF2N5O2. The first kappa shape index (κ1) is 32.9. The number of aryl methyl sites for hydroxylation is 1. The van der Waals surface area contributed by atoms with E-state index in [1.165, 1.54) is 51.0 Å². The molecule has 3 N–H and O–H groups in total. The number of halogens is 3. The number of aromatic amines is 1. The summed E-state index contributed by atoms with van der Waals surface area (Å²) in [4.78, 5) is 24.1. The molecule has 41 heavy (non-hydrogen) atoms. The molecular weight excluding hydrogens is 548 g/mol. The molecule has 1 unspecified atom stereocenters. The number of nitrogens with zero attached hydrogens (tertiary/aromatic N) is 3. The van der Waals surface area contributed by atoms with Crippen LogP contribution < -0.4 is 5.32 Å². The number of carboxylic acid groups (broad SMARTS) is 1. The number of carbonyl (C=O) groups is 1. The van der Waals surface area contributed by atoms with Gasteiger partial charge >= 0.3 is 5.97 Å². The van der Waals surface area contributed by atoms with Crippen molar-refractivity contribution in [3.63, 3.8) is 0 Å². The average Bonchev–Trinajstić information content (AvgIpc) is 3.42. The van der Waals surface area contributed by atoms with Crippen LogP contribution >= 0.6 is 11.6 Å². The lowest BCUT2D eigenvalue weighted by atomic mass is 10.0. The first-order valence-corrected chi connectivity index (χ1v) is 15.2. The van der Waals surface area contributed by atoms with E-state index in [0.717, 1.165) is 29.4 Å². The summed E-state index contributed by atoms with van der Waals surface area (Å²) in [5.41, 5.74) is 1.90. The number of fused-ring (bicyclic) bond motifs is 1. The van der Waals surface area contributed by atoms with Crippen molar-refractivity contribution < 1.29 is 18.7 Å². The lowest BCUT2D eigenvalue weighted by Gasteiger charge is -2.38. The molecule has 1 atom stereocenters. The van der Waals surface area contributed by atoms with Crippen LogP contribution in [0.3, 0.4) is 0 Å². The minimum atomic E-state index is -2.60. The van der Waals surface area contributed by atoms with Gasteiger partial charge in [-0.15, -0.1) is 0 Å². The highest BCUT2D eigenvalue weighted by Crippen LogP contribution is 2.32. The summed E-state index contributed by atoms with van der Waals surface area (Å²) in [5.74, 6) is -2.90. The van der Waals surface area contributed by atoms with E-state index >= 15 is 0 Å². The average molecular weight is 592 g/mol. The number of hydrogen-bond acceptors (Lipinski definition) is 5. The Bertz CT molecular complexity index is 1200. The van der Waals surface area contributed by atoms with E-state index in [2.05, 4.69) is 27.2 Å². The Hall–Kier alpha value is -2.62. The number of H-pyrrole nitrogens is 1. The molecule has 3 aromatic rings. The largest absolute Gasteiger partial charge is 0.478 e. The molecule has 226 valence electrons. The molecule has 1 aliphatic heterocycles. The number of carboxylic acids is 1. The van der Waals surface area contributed by atoms with Crippen LogP contribution in [0.1, 0.15) is 98.9 Å². The number of rotatable bonds is 14. The lowest BCUT2D eigenvalue weighted by molar-refractivity contribution is -0.0753. The second-order valence-corrected chi connectivity index (χ2v) is 11.2. The standard InChI is InChI=1S/C22H38F2N4.C9H6ClNO2/c1-3-4-5-6-7-8-9-10-13-25-17-21(20-15-26-19(2)27-16-20)28-14-11-12-22(23,24)18-28;10-8-5-3-4-11-7(5)2-1-6(8)9(12)13/h15-16,21,25H,3-14,17-18H2,1-2H3;1-4,11H,(H,12,13). The minimum Gasteiger partial charge on any atom is -0.478 e. The Kier molecular flexibility index (Phi) is 13.4. The van der Waals surface area contributed by atoms with Gasteiger partial charge in [0.1, 0.15) is 5.82 Å². The molecule has 0 radical (unpaired) electrons. The predicted molar refractivity (Wildman–Crippen MR) is 161 cm³/mol. The highest BCUT2D eigenvalue weighted by Gasteiger charge is 2.38. The topological polar surface area (TPSA) is 94.1 Å². The third-order valence-corrected chi connectivity index (χ3v) is 7.90. The number of aromatic carboxylic acids is 1. The Labute approximate surface area is 247 Å². The van der Waals surface area contributed by atoms with Crippen LogP contribution in [-0.2, 0) is 0 Å². The monoisotopic (exact) mass is 591 g/mol. The zero-order valence-electron chi connectivity index (χ0n) is 24.3. The van der Waals surface area contributed by atoms with Crippen molar-refractivity contribution in [1.29, 1.82) is 0 Å². The zero-order chi connectivity index (χ0) is 29.7. The van der Waals surface area contributed by atoms with Gasteiger partial charge in [0, 0.05) is 48.0 Å². The number of hydrogen-bond donors (Lipinski definition) is 3. The summed E-state index contributed by atoms with van der Waals surface area (Å²) >= 11 is 5.88. The molecule has 1 saturated heterocycles. The third-order valence-electron chi connectivity index (χ3n) is 7.49. The van der Waals surface area contributed by atoms with Gasteiger partial charge in [-0.05, 0) is 51.1 Å². The lowest BCUT2D eigenvalue weighted by Crippen LogP contribution is -2.47. The third kappa shape index (κ3) is 10.6. The summed E-state index contributed by atoms with van der Waals surface area (Å²) in [6.07, 6.45) is 16.2. The fourth-order valence-corrected chi connectivity index (χ4v) is 5.49. The van der Waals surface area contributed by atoms with Gasteiger partial charge in [0.15, 0.2) is 0 Å². The normalized spacial score (nSPS) is 15.8. The van der Waals surface area contributed by atoms with Crippen LogP contribution in [0.4, 0.5) is 8.78 Å². The van der Waals surface area contributed by atoms with Gasteiger partial charge in [0.05, 0.1) is 23.2 Å². The van der Waals surface area contributed by atoms with Gasteiger partial charge in [0.25, 0.3) is 5.92 Å². The highest BCUT2D eigenvalue weighted by atomic mass is 35.5. The number of aromatic nitrogens is 3. The second-order valence-electron chi connectivity index (χ2n) is 10.9. The molecule has 4 rings (SSSR count). The molecule has 3 heterocycles. The van der Waals surface area contributed by atoms with E-state index in [1.807, 2.05) is 11.8 Å². The van der Waals surface area contributed by atoms with Crippen LogP contribution in [0.15, 0.2) is 36.8 Å². The Morgan fingerprint density at radius 1 is 1.12 bits per heavy atom. The van der Waals surface area contributed by atoms with Crippen LogP contribution in [0.5, 0.6) is 0 Å². The van der Waals surface area contributed by atoms with Gasteiger partial charge < -0.3 is 15.4 Å². The summed E-state index contributed by atoms with van der Waals surface area (Å²) in [6, 6.07) is 4.85. The molecule has 1 aliphatic rings. The number of benzene rings is 1. The van der Waals surface area contributed by atoms with Gasteiger partial charge in [-0.25, -0.2) is 23.5 Å². The molecule has 7 nitrogen and oxygen atoms in total. The van der Waals surface area contributed by atoms with Gasteiger partial charge in [0.2, 0.25) is 0 Å². The predicted octanol–water partition coefficient (Wildman–Crippen LogP) is 7.81. The summed E-state index contributed by atoms with van der Waals surface area (Å²) in [7, 11) is 0. The molecule has 0 spiro atoms. The minimum absolute atomic E-state index is 0.00764. The van der Waals surface area contributed by atoms with Crippen molar-refractivity contribution in [2.45, 2.75) is 90.0 Å². The van der Waals surface area contributed by atoms with Gasteiger partial charge in [-0.2, -0.15) is 0 Å². The number of unbranched alkanes of at least 4 members (excludes halogenated alkanes) is 7. The summed E-state index contributed by atoms with van der Waals surface area (Å²) < 4.78 is 27.9. The fraction of sp³-hybridized carbons (Fsp3) is 0.581. The highest BCUT2D eigenvalue weighted by molar-refractivity contribution is 6.38. The summed E-state index contributed by atoms with van der Waals surface area (Å²) in [6.45, 7) is 6.21. The zero-order valence-corrected chi connectivity index (χ0v) is 25.0. The SMILES string of the molecule is CCCCCCCCCCNCC(c1cnc(C)nc1)N1CCCC(F)(F)C1.O=C(O)c1ccc2[nH]ccc2c1Cl. The molecule has 0 amide bonds. The van der Waals surface area contributed by atoms with Crippen molar-refractivity contribution in [3.05, 3.63) is 58.8 Å². The van der Waals surface area contributed by atoms with Gasteiger partial charge in [-0.3, -0.25) is 4.90 Å². The van der Waals surface area contributed by atoms with E-state index in [-0.39, 0.29) is 29.6 Å². The second kappa shape index (κ2) is 16.7. The quantitative estimate of drug-likeness (QED) is 0.166. The maximum absolute atomic E-state index is 13.9. The van der Waals surface area contributed by atoms with E-state index in [9.17, 15) is 13.6 Å². The van der Waals surface area contributed by atoms with Crippen molar-refractivity contribution >= 4 is 28.5 Å². The first-order valence-electron chi connectivity index (χ1n) is 14.8. The van der Waals surface area contributed by atoms with E-state index < -0.39 is 11.9 Å². The number of nitrogens with one attached hydrogen (secondary N) is 2. The number of alkyl halides is 2. The molecule has 1 fully saturated rings. The van der Waals surface area contributed by atoms with Crippen molar-refractivity contribution in [3.8, 4) is 0 Å². The van der Waals surface area contributed by atoms with E-state index in [0.29, 0.717) is 25.3 Å². The Balaban J connectivity index is 0.000000294. The molecule has 0 saturated carbocycles. The molecule has 0 aliphatic carbocycles. The van der Waals surface area contributed by atoms with Crippen LogP contribution in [0.2, 0.25) is 5.02 Å². The number of likely N-dealkylation sites (tertiary alicyclic amines) is 1. The summed E-state index contributed by atoms with van der Waals surface area (Å²) in [5, 5.41) is 13.3. The molecule has 10 heteroatoms. The van der Waals surface area contributed by atoms with Crippen LogP contribution in [0, 0.1) is 6.92 Å². The van der Waals surface area contributed by atoms with E-state index in [1.54, 1.807) is 30.7 Å². The first-order chi connectivity index (χ1) is 19.7. The van der Waals surface area contributed by atoms with Crippen LogP contribution in [0.25, 0.3) is 10.9 Å². The van der Waals surface area contributed by atoms with Crippen molar-refractivity contribution in [1.82, 2.24) is 25.2 Å². The van der Waals surface area contributed by atoms with Crippen molar-refractivity contribution in [2.24, 2.45) is 0 Å². The van der Waals surface area contributed by atoms with Crippen LogP contribution in [-0.4, -0.2) is 63.0 Å². The molecule has 0 bridgehead atoms. The van der Waals surface area contributed by atoms with Gasteiger partial charge in [-0.1, -0.05) is 63.5 Å². The van der Waals surface area contributed by atoms with Crippen molar-refractivity contribution in [2.75, 3.05) is 26.2 Å². The maximum atomic E-state index is 13.9. The smallest absolute Gasteiger partial charge is 0.337 e. The Morgan fingerprint density at radius 3 is 2.46 bits per heavy atom. The number of piperidine rings is 1. The maximum Gasteiger partial charge on any atom is 0.337 e.